The summed E-state index contributed by atoms with van der Waals surface area (Å²) in [5.74, 6) is 0.0685. The molecule has 0 bridgehead atoms. The molecule has 27 heavy (non-hydrogen) atoms. The quantitative estimate of drug-likeness (QED) is 0.498. The molecule has 0 aliphatic carbocycles. The summed E-state index contributed by atoms with van der Waals surface area (Å²) in [6.45, 7) is 3.64. The molecule has 0 saturated heterocycles. The van der Waals surface area contributed by atoms with Crippen molar-refractivity contribution in [1.29, 1.82) is 0 Å². The molecule has 4 nitrogen and oxygen atoms in total. The average Bonchev–Trinajstić information content (AvgIpc) is 3.18. The van der Waals surface area contributed by atoms with Gasteiger partial charge >= 0.3 is 0 Å². The molecule has 0 N–H and O–H groups in total. The van der Waals surface area contributed by atoms with Crippen LogP contribution in [0.2, 0.25) is 4.34 Å². The first-order valence-corrected chi connectivity index (χ1v) is 10.5. The topological polar surface area (TPSA) is 36.4 Å². The minimum atomic E-state index is 0. The van der Waals surface area contributed by atoms with Crippen LogP contribution in [-0.2, 0) is 11.2 Å². The van der Waals surface area contributed by atoms with E-state index in [2.05, 4.69) is 24.0 Å². The fourth-order valence-corrected chi connectivity index (χ4v) is 4.92. The van der Waals surface area contributed by atoms with Crippen molar-refractivity contribution in [2.45, 2.75) is 19.8 Å². The van der Waals surface area contributed by atoms with Gasteiger partial charge in [0.15, 0.2) is 5.13 Å². The van der Waals surface area contributed by atoms with Gasteiger partial charge in [-0.25, -0.2) is 4.98 Å². The second-order valence-electron chi connectivity index (χ2n) is 6.50. The number of carbonyl (C=O) groups excluding carboxylic acids is 1. The summed E-state index contributed by atoms with van der Waals surface area (Å²) in [4.78, 5) is 22.7. The highest BCUT2D eigenvalue weighted by Crippen LogP contribution is 2.31. The van der Waals surface area contributed by atoms with E-state index in [0.29, 0.717) is 17.3 Å². The van der Waals surface area contributed by atoms with Crippen molar-refractivity contribution in [3.63, 3.8) is 0 Å². The maximum absolute atomic E-state index is 13.0. The van der Waals surface area contributed by atoms with E-state index < -0.39 is 0 Å². The van der Waals surface area contributed by atoms with Crippen LogP contribution in [0.3, 0.4) is 0 Å². The maximum atomic E-state index is 13.0. The lowest BCUT2D eigenvalue weighted by Gasteiger charge is -2.20. The second-order valence-corrected chi connectivity index (χ2v) is 9.31. The summed E-state index contributed by atoms with van der Waals surface area (Å²) in [5.41, 5.74) is 2.12. The Balaban J connectivity index is 0.00000261. The number of thiophene rings is 1. The smallest absolute Gasteiger partial charge is 0.234 e. The molecule has 8 heteroatoms. The third-order valence-electron chi connectivity index (χ3n) is 4.08. The molecule has 0 aliphatic heterocycles. The zero-order valence-corrected chi connectivity index (χ0v) is 18.8. The Bertz CT molecular complexity index is 907. The normalized spacial score (nSPS) is 11.0. The Kier molecular flexibility index (Phi) is 8.06. The molecule has 2 heterocycles. The van der Waals surface area contributed by atoms with Gasteiger partial charge in [-0.3, -0.25) is 9.69 Å². The molecule has 146 valence electrons. The highest BCUT2D eigenvalue weighted by Gasteiger charge is 2.21. The lowest BCUT2D eigenvalue weighted by Crippen LogP contribution is -2.34. The number of carbonyl (C=O) groups is 1. The molecule has 0 atom stereocenters. The van der Waals surface area contributed by atoms with E-state index in [0.717, 1.165) is 38.8 Å². The van der Waals surface area contributed by atoms with Crippen LogP contribution in [0, 0.1) is 6.92 Å². The lowest BCUT2D eigenvalue weighted by atomic mass is 10.2. The number of hydrogen-bond donors (Lipinski definition) is 0. The van der Waals surface area contributed by atoms with Gasteiger partial charge in [0.1, 0.15) is 0 Å². The van der Waals surface area contributed by atoms with Gasteiger partial charge in [0.2, 0.25) is 5.91 Å². The zero-order valence-electron chi connectivity index (χ0n) is 15.6. The summed E-state index contributed by atoms with van der Waals surface area (Å²) in [7, 11) is 4.09. The summed E-state index contributed by atoms with van der Waals surface area (Å²) in [5, 5.41) is 0.778. The number of rotatable bonds is 7. The minimum absolute atomic E-state index is 0. The number of fused-ring (bicyclic) bond motifs is 1. The number of thiazole rings is 1. The van der Waals surface area contributed by atoms with Crippen LogP contribution in [0.1, 0.15) is 16.9 Å². The molecule has 1 aromatic carbocycles. The van der Waals surface area contributed by atoms with Gasteiger partial charge in [0, 0.05) is 11.4 Å². The summed E-state index contributed by atoms with van der Waals surface area (Å²) >= 11 is 9.05. The molecule has 2 aromatic heterocycles. The van der Waals surface area contributed by atoms with Gasteiger partial charge in [0.05, 0.1) is 21.0 Å². The number of para-hydroxylation sites is 1. The summed E-state index contributed by atoms with van der Waals surface area (Å²) < 4.78 is 1.83. The fraction of sp³-hybridized carbons (Fsp3) is 0.368. The Morgan fingerprint density at radius 1 is 1.15 bits per heavy atom. The van der Waals surface area contributed by atoms with Crippen LogP contribution in [0.15, 0.2) is 30.3 Å². The van der Waals surface area contributed by atoms with Crippen molar-refractivity contribution in [2.24, 2.45) is 0 Å². The maximum Gasteiger partial charge on any atom is 0.234 e. The number of anilines is 1. The highest BCUT2D eigenvalue weighted by molar-refractivity contribution is 7.22. The van der Waals surface area contributed by atoms with Crippen LogP contribution < -0.4 is 4.90 Å². The summed E-state index contributed by atoms with van der Waals surface area (Å²) in [6.07, 6.45) is 1.26. The lowest BCUT2D eigenvalue weighted by molar-refractivity contribution is -0.118. The molecule has 0 aliphatic rings. The van der Waals surface area contributed by atoms with Crippen LogP contribution in [-0.4, -0.2) is 43.0 Å². The van der Waals surface area contributed by atoms with Crippen molar-refractivity contribution in [1.82, 2.24) is 9.88 Å². The van der Waals surface area contributed by atoms with E-state index in [9.17, 15) is 4.79 Å². The fourth-order valence-electron chi connectivity index (χ4n) is 2.75. The van der Waals surface area contributed by atoms with Crippen LogP contribution >= 0.6 is 46.7 Å². The first-order chi connectivity index (χ1) is 12.4. The highest BCUT2D eigenvalue weighted by atomic mass is 35.5. The van der Waals surface area contributed by atoms with Crippen molar-refractivity contribution >= 4 is 67.9 Å². The number of aromatic nitrogens is 1. The third-order valence-corrected chi connectivity index (χ3v) is 6.36. The summed E-state index contributed by atoms with van der Waals surface area (Å²) in [6, 6.07) is 9.91. The predicted octanol–water partition coefficient (Wildman–Crippen LogP) is 5.27. The Morgan fingerprint density at radius 3 is 2.56 bits per heavy atom. The second kappa shape index (κ2) is 9.85. The van der Waals surface area contributed by atoms with Gasteiger partial charge in [0.25, 0.3) is 0 Å². The van der Waals surface area contributed by atoms with Crippen molar-refractivity contribution in [3.8, 4) is 0 Å². The molecule has 0 radical (unpaired) electrons. The molecular formula is C19H23Cl2N3OS2. The minimum Gasteiger partial charge on any atom is -0.309 e. The molecular weight excluding hydrogens is 421 g/mol. The van der Waals surface area contributed by atoms with Gasteiger partial charge in [-0.15, -0.1) is 23.7 Å². The standard InChI is InChI=1S/C19H22ClN3OS2.ClH/c1-13-6-4-7-15-18(13)21-19(26-15)23(11-5-10-22(2)3)17(24)12-14-8-9-16(20)25-14;/h4,6-9H,5,10-12H2,1-3H3;1H. The van der Waals surface area contributed by atoms with Crippen LogP contribution in [0.25, 0.3) is 10.2 Å². The molecule has 0 unspecified atom stereocenters. The van der Waals surface area contributed by atoms with E-state index >= 15 is 0 Å². The van der Waals surface area contributed by atoms with E-state index in [4.69, 9.17) is 16.6 Å². The van der Waals surface area contributed by atoms with Gasteiger partial charge in [-0.1, -0.05) is 35.1 Å². The predicted molar refractivity (Wildman–Crippen MR) is 120 cm³/mol. The van der Waals surface area contributed by atoms with Crippen molar-refractivity contribution < 1.29 is 4.79 Å². The monoisotopic (exact) mass is 443 g/mol. The molecule has 0 saturated carbocycles. The third kappa shape index (κ3) is 5.65. The van der Waals surface area contributed by atoms with Crippen molar-refractivity contribution in [2.75, 3.05) is 32.1 Å². The van der Waals surface area contributed by atoms with Crippen molar-refractivity contribution in [3.05, 3.63) is 45.1 Å². The Hall–Kier alpha value is -1.18. The van der Waals surface area contributed by atoms with Gasteiger partial charge < -0.3 is 4.90 Å². The largest absolute Gasteiger partial charge is 0.309 e. The van der Waals surface area contributed by atoms with E-state index in [1.165, 1.54) is 11.3 Å². The number of aryl methyl sites for hydroxylation is 1. The molecule has 1 amide bonds. The van der Waals surface area contributed by atoms with E-state index in [1.807, 2.05) is 37.2 Å². The average molecular weight is 444 g/mol. The Morgan fingerprint density at radius 2 is 1.93 bits per heavy atom. The SMILES string of the molecule is Cc1cccc2sc(N(CCCN(C)C)C(=O)Cc3ccc(Cl)s3)nc12.Cl. The van der Waals surface area contributed by atoms with Gasteiger partial charge in [-0.05, 0) is 57.7 Å². The Labute approximate surface area is 179 Å². The first-order valence-electron chi connectivity index (χ1n) is 8.49. The number of hydrogen-bond acceptors (Lipinski definition) is 5. The number of benzene rings is 1. The van der Waals surface area contributed by atoms with E-state index in [1.54, 1.807) is 11.3 Å². The number of nitrogens with zero attached hydrogens (tertiary/aromatic N) is 3. The van der Waals surface area contributed by atoms with Crippen LogP contribution in [0.4, 0.5) is 5.13 Å². The zero-order chi connectivity index (χ0) is 18.7. The van der Waals surface area contributed by atoms with Gasteiger partial charge in [-0.2, -0.15) is 0 Å². The molecule has 0 spiro atoms. The number of halogens is 2. The molecule has 0 fully saturated rings. The molecule has 3 aromatic rings. The number of amides is 1. The first kappa shape index (κ1) is 22.1. The van der Waals surface area contributed by atoms with E-state index in [-0.39, 0.29) is 18.3 Å². The molecule has 3 rings (SSSR count). The van der Waals surface area contributed by atoms with Crippen LogP contribution in [0.5, 0.6) is 0 Å².